The quantitative estimate of drug-likeness (QED) is 0.803. The fourth-order valence-corrected chi connectivity index (χ4v) is 2.87. The van der Waals surface area contributed by atoms with Crippen LogP contribution in [0.15, 0.2) is 16.6 Å². The van der Waals surface area contributed by atoms with Gasteiger partial charge in [-0.1, -0.05) is 6.92 Å². The summed E-state index contributed by atoms with van der Waals surface area (Å²) in [7, 11) is 1.55. The van der Waals surface area contributed by atoms with Crippen LogP contribution in [0.1, 0.15) is 12.5 Å². The van der Waals surface area contributed by atoms with E-state index >= 15 is 0 Å². The summed E-state index contributed by atoms with van der Waals surface area (Å²) in [4.78, 5) is 0. The van der Waals surface area contributed by atoms with Crippen LogP contribution in [0.25, 0.3) is 0 Å². The lowest BCUT2D eigenvalue weighted by molar-refractivity contribution is 0.371. The zero-order chi connectivity index (χ0) is 13.5. The predicted molar refractivity (Wildman–Crippen MR) is 81.6 cm³/mol. The first-order valence-electron chi connectivity index (χ1n) is 5.83. The van der Waals surface area contributed by atoms with Crippen LogP contribution in [-0.2, 0) is 6.54 Å². The first-order valence-corrected chi connectivity index (χ1v) is 8.02. The van der Waals surface area contributed by atoms with Gasteiger partial charge in [-0.25, -0.2) is 0 Å². The Morgan fingerprint density at radius 2 is 2.22 bits per heavy atom. The Balaban J connectivity index is 2.55. The molecule has 1 atom stereocenters. The lowest BCUT2D eigenvalue weighted by Gasteiger charge is -2.12. The van der Waals surface area contributed by atoms with E-state index in [0.717, 1.165) is 24.4 Å². The van der Waals surface area contributed by atoms with Crippen molar-refractivity contribution in [2.75, 3.05) is 25.7 Å². The van der Waals surface area contributed by atoms with Crippen molar-refractivity contribution in [2.45, 2.75) is 13.5 Å². The highest BCUT2D eigenvalue weighted by Gasteiger charge is 2.08. The molecule has 3 nitrogen and oxygen atoms in total. The molecule has 1 aromatic carbocycles. The van der Waals surface area contributed by atoms with Crippen molar-refractivity contribution >= 4 is 27.7 Å². The van der Waals surface area contributed by atoms with Gasteiger partial charge in [-0.2, -0.15) is 11.8 Å². The van der Waals surface area contributed by atoms with Gasteiger partial charge in [0.2, 0.25) is 0 Å². The number of ether oxygens (including phenoxy) is 1. The molecule has 0 saturated heterocycles. The lowest BCUT2D eigenvalue weighted by atomic mass is 10.2. The molecule has 102 valence electrons. The van der Waals surface area contributed by atoms with Crippen LogP contribution >= 0.6 is 27.7 Å². The minimum absolute atomic E-state index is 0.150. The Labute approximate surface area is 121 Å². The third kappa shape index (κ3) is 4.71. The highest BCUT2D eigenvalue weighted by Crippen LogP contribution is 2.35. The average molecular weight is 334 g/mol. The van der Waals surface area contributed by atoms with E-state index in [9.17, 15) is 5.11 Å². The van der Waals surface area contributed by atoms with Gasteiger partial charge in [-0.05, 0) is 58.1 Å². The second-order valence-electron chi connectivity index (χ2n) is 4.32. The smallest absolute Gasteiger partial charge is 0.172 e. The van der Waals surface area contributed by atoms with E-state index < -0.39 is 0 Å². The zero-order valence-corrected chi connectivity index (χ0v) is 13.4. The molecule has 0 saturated carbocycles. The van der Waals surface area contributed by atoms with Gasteiger partial charge in [0.05, 0.1) is 11.6 Å². The number of thioether (sulfide) groups is 1. The van der Waals surface area contributed by atoms with E-state index in [1.54, 1.807) is 7.11 Å². The van der Waals surface area contributed by atoms with Crippen LogP contribution in [0, 0.1) is 5.92 Å². The maximum absolute atomic E-state index is 9.71. The number of halogens is 1. The van der Waals surface area contributed by atoms with Crippen molar-refractivity contribution in [2.24, 2.45) is 5.92 Å². The van der Waals surface area contributed by atoms with Gasteiger partial charge in [0.25, 0.3) is 0 Å². The molecular weight excluding hydrogens is 314 g/mol. The van der Waals surface area contributed by atoms with Crippen LogP contribution < -0.4 is 10.1 Å². The molecule has 1 rings (SSSR count). The number of phenolic OH excluding ortho intramolecular Hbond substituents is 1. The molecule has 0 bridgehead atoms. The highest BCUT2D eigenvalue weighted by molar-refractivity contribution is 9.10. The fourth-order valence-electron chi connectivity index (χ4n) is 1.69. The van der Waals surface area contributed by atoms with E-state index in [4.69, 9.17) is 4.74 Å². The Hall–Kier alpha value is -0.390. The largest absolute Gasteiger partial charge is 0.503 e. The fraction of sp³-hybridized carbons (Fsp3) is 0.538. The maximum Gasteiger partial charge on any atom is 0.172 e. The van der Waals surface area contributed by atoms with Crippen molar-refractivity contribution in [3.63, 3.8) is 0 Å². The minimum Gasteiger partial charge on any atom is -0.503 e. The number of nitrogens with one attached hydrogen (secondary N) is 1. The number of benzene rings is 1. The number of phenols is 1. The van der Waals surface area contributed by atoms with Gasteiger partial charge in [-0.15, -0.1) is 0 Å². The Morgan fingerprint density at radius 1 is 1.50 bits per heavy atom. The van der Waals surface area contributed by atoms with Crippen molar-refractivity contribution < 1.29 is 9.84 Å². The van der Waals surface area contributed by atoms with E-state index in [1.165, 1.54) is 0 Å². The minimum atomic E-state index is 0.150. The second-order valence-corrected chi connectivity index (χ2v) is 6.08. The molecular formula is C13H20BrNO2S. The summed E-state index contributed by atoms with van der Waals surface area (Å²) in [5, 5.41) is 13.1. The summed E-state index contributed by atoms with van der Waals surface area (Å²) in [6, 6.07) is 3.76. The standard InChI is InChI=1S/C13H20BrNO2S/c1-9(8-18-3)6-15-7-10-4-11(14)13(16)12(5-10)17-2/h4-5,9,15-16H,6-8H2,1-3H3. The molecule has 0 heterocycles. The summed E-state index contributed by atoms with van der Waals surface area (Å²) >= 11 is 5.19. The molecule has 0 aromatic heterocycles. The van der Waals surface area contributed by atoms with E-state index in [2.05, 4.69) is 34.4 Å². The zero-order valence-electron chi connectivity index (χ0n) is 11.0. The number of hydrogen-bond donors (Lipinski definition) is 2. The molecule has 18 heavy (non-hydrogen) atoms. The first kappa shape index (κ1) is 15.7. The van der Waals surface area contributed by atoms with Gasteiger partial charge < -0.3 is 15.2 Å². The number of hydrogen-bond acceptors (Lipinski definition) is 4. The second kappa shape index (κ2) is 7.92. The third-order valence-corrected chi connectivity index (χ3v) is 4.09. The Bertz CT molecular complexity index is 387. The van der Waals surface area contributed by atoms with Crippen LogP contribution in [0.4, 0.5) is 0 Å². The van der Waals surface area contributed by atoms with Crippen molar-refractivity contribution in [1.29, 1.82) is 0 Å². The molecule has 0 fully saturated rings. The molecule has 0 radical (unpaired) electrons. The highest BCUT2D eigenvalue weighted by atomic mass is 79.9. The van der Waals surface area contributed by atoms with Crippen molar-refractivity contribution in [3.05, 3.63) is 22.2 Å². The molecule has 1 unspecified atom stereocenters. The molecule has 2 N–H and O–H groups in total. The van der Waals surface area contributed by atoms with Gasteiger partial charge in [0, 0.05) is 6.54 Å². The number of rotatable bonds is 7. The normalized spacial score (nSPS) is 12.4. The molecule has 0 aliphatic carbocycles. The number of methoxy groups -OCH3 is 1. The SMILES string of the molecule is COc1cc(CNCC(C)CSC)cc(Br)c1O. The summed E-state index contributed by atoms with van der Waals surface area (Å²) in [5.41, 5.74) is 1.09. The van der Waals surface area contributed by atoms with Crippen molar-refractivity contribution in [1.82, 2.24) is 5.32 Å². The molecule has 5 heteroatoms. The molecule has 0 spiro atoms. The van der Waals surface area contributed by atoms with Gasteiger partial charge in [0.1, 0.15) is 0 Å². The summed E-state index contributed by atoms with van der Waals surface area (Å²) < 4.78 is 5.78. The maximum atomic E-state index is 9.71. The van der Waals surface area contributed by atoms with Crippen molar-refractivity contribution in [3.8, 4) is 11.5 Å². The van der Waals surface area contributed by atoms with Gasteiger partial charge in [0.15, 0.2) is 11.5 Å². The van der Waals surface area contributed by atoms with Gasteiger partial charge in [-0.3, -0.25) is 0 Å². The molecule has 1 aromatic rings. The van der Waals surface area contributed by atoms with Crippen LogP contribution in [0.2, 0.25) is 0 Å². The van der Waals surface area contributed by atoms with Crippen LogP contribution in [-0.4, -0.2) is 30.8 Å². The lowest BCUT2D eigenvalue weighted by Crippen LogP contribution is -2.22. The van der Waals surface area contributed by atoms with E-state index in [-0.39, 0.29) is 5.75 Å². The molecule has 0 amide bonds. The Morgan fingerprint density at radius 3 is 2.83 bits per heavy atom. The third-order valence-electron chi connectivity index (χ3n) is 2.58. The molecule has 0 aliphatic rings. The first-order chi connectivity index (χ1) is 8.58. The van der Waals surface area contributed by atoms with Crippen LogP contribution in [0.5, 0.6) is 11.5 Å². The predicted octanol–water partition coefficient (Wildman–Crippen LogP) is 3.25. The summed E-state index contributed by atoms with van der Waals surface area (Å²) in [6.45, 7) is 3.99. The number of aromatic hydroxyl groups is 1. The van der Waals surface area contributed by atoms with E-state index in [1.807, 2.05) is 23.9 Å². The summed E-state index contributed by atoms with van der Waals surface area (Å²) in [6.07, 6.45) is 2.12. The topological polar surface area (TPSA) is 41.5 Å². The summed E-state index contributed by atoms with van der Waals surface area (Å²) in [5.74, 6) is 2.47. The Kier molecular flexibility index (Phi) is 6.89. The van der Waals surface area contributed by atoms with E-state index in [0.29, 0.717) is 16.1 Å². The molecule has 0 aliphatic heterocycles. The average Bonchev–Trinajstić information content (AvgIpc) is 2.33. The van der Waals surface area contributed by atoms with Crippen LogP contribution in [0.3, 0.4) is 0 Å². The van der Waals surface area contributed by atoms with Gasteiger partial charge >= 0.3 is 0 Å². The monoisotopic (exact) mass is 333 g/mol.